The summed E-state index contributed by atoms with van der Waals surface area (Å²) < 4.78 is 11.0. The molecule has 0 aliphatic carbocycles. The molecular weight excluding hydrogens is 116 g/mol. The Bertz CT molecular complexity index is 85.3. The maximum absolute atomic E-state index is 8.93. The Morgan fingerprint density at radius 2 is 1.25 bits per heavy atom. The predicted molar refractivity (Wildman–Crippen MR) is 22.0 cm³/mol. The fourth-order valence-corrected chi connectivity index (χ4v) is 0. The number of carboxylic acids is 2. The molecule has 0 radical (unpaired) electrons. The van der Waals surface area contributed by atoms with Gasteiger partial charge in [0, 0.05) is 0 Å². The summed E-state index contributed by atoms with van der Waals surface area (Å²) in [5.41, 5.74) is 0. The van der Waals surface area contributed by atoms with Crippen LogP contribution in [0, 0.1) is 0 Å². The molecule has 0 unspecified atom stereocenters. The molecule has 0 amide bonds. The standard InChI is InChI=1S/C2H2O4.2H3N/c3-1(4)2(5)6;;/h(H,3,4)(H,5,6);2*1H3/i/hD2. The minimum Gasteiger partial charge on any atom is -0.543 e. The highest BCUT2D eigenvalue weighted by Crippen LogP contribution is 1.41. The van der Waals surface area contributed by atoms with Crippen molar-refractivity contribution in [2.75, 3.05) is 0 Å². The van der Waals surface area contributed by atoms with Crippen molar-refractivity contribution in [2.24, 2.45) is 0 Å². The zero-order valence-electron chi connectivity index (χ0n) is 6.05. The van der Waals surface area contributed by atoms with Crippen LogP contribution in [0.2, 0.25) is 2.82 Å². The van der Waals surface area contributed by atoms with Gasteiger partial charge < -0.3 is 32.1 Å². The Kier molecular flexibility index (Phi) is 5.02. The molecule has 0 aromatic rings. The van der Waals surface area contributed by atoms with Gasteiger partial charge in [0.15, 0.2) is 0 Å². The molecule has 0 fully saturated rings. The van der Waals surface area contributed by atoms with Crippen LogP contribution in [0.1, 0.15) is 0 Å². The molecule has 0 rings (SSSR count). The van der Waals surface area contributed by atoms with Crippen LogP contribution in [-0.4, -0.2) is 11.9 Å². The van der Waals surface area contributed by atoms with Crippen molar-refractivity contribution in [3.05, 3.63) is 0 Å². The molecule has 0 aromatic carbocycles. The highest BCUT2D eigenvalue weighted by molar-refractivity contribution is 6.25. The van der Waals surface area contributed by atoms with Gasteiger partial charge in [-0.25, -0.2) is 0 Å². The second-order valence-electron chi connectivity index (χ2n) is 0.575. The van der Waals surface area contributed by atoms with Gasteiger partial charge in [-0.1, -0.05) is 0 Å². The second-order valence-corrected chi connectivity index (χ2v) is 0.575. The Hall–Kier alpha value is -1.14. The van der Waals surface area contributed by atoms with E-state index in [-0.39, 0.29) is 0 Å². The third-order valence-electron chi connectivity index (χ3n) is 0.167. The van der Waals surface area contributed by atoms with Gasteiger partial charge in [-0.05, 0) is 0 Å². The number of carboxylic acid groups (broad SMARTS) is 2. The molecule has 0 spiro atoms. The molecule has 0 bridgehead atoms. The molecule has 0 saturated carbocycles. The number of carbonyl (C=O) groups excluding carboxylic acids is 2. The van der Waals surface area contributed by atoms with E-state index < -0.39 is 11.9 Å². The van der Waals surface area contributed by atoms with Crippen molar-refractivity contribution in [3.63, 3.8) is 0 Å². The summed E-state index contributed by atoms with van der Waals surface area (Å²) in [5, 5.41) is 17.9. The molecule has 8 heavy (non-hydrogen) atoms. The van der Waals surface area contributed by atoms with E-state index in [1.54, 1.807) is 0 Å². The van der Waals surface area contributed by atoms with Crippen LogP contribution in [0.4, 0.5) is 0 Å². The molecule has 6 nitrogen and oxygen atoms in total. The lowest BCUT2D eigenvalue weighted by Gasteiger charge is -1.97. The van der Waals surface area contributed by atoms with Crippen LogP contribution in [0.3, 0.4) is 0 Å². The average Bonchev–Trinajstić information content (AvgIpc) is 1.96. The Morgan fingerprint density at radius 1 is 1.12 bits per heavy atom. The van der Waals surface area contributed by atoms with Crippen LogP contribution in [0.25, 0.3) is 0 Å². The van der Waals surface area contributed by atoms with Crippen molar-refractivity contribution in [3.8, 4) is 0 Å². The molecule has 0 atom stereocenters. The van der Waals surface area contributed by atoms with Gasteiger partial charge in [0.05, 0.1) is 11.9 Å². The SMILES string of the molecule is O=C([O-])C(=O)[O-].[2H][NH3+].[2H][NH3+]. The van der Waals surface area contributed by atoms with Crippen molar-refractivity contribution >= 4 is 11.9 Å². The van der Waals surface area contributed by atoms with Crippen LogP contribution in [0.5, 0.6) is 0 Å². The largest absolute Gasteiger partial charge is 0.543 e. The molecule has 8 N–H and O–H groups in total. The maximum atomic E-state index is 8.93. The topological polar surface area (TPSA) is 153 Å². The first-order chi connectivity index (χ1) is 4.64. The Balaban J connectivity index is -0.000000105. The molecule has 0 aromatic heterocycles. The molecule has 0 heterocycles. The average molecular weight is 126 g/mol. The summed E-state index contributed by atoms with van der Waals surface area (Å²) in [7, 11) is 0. The van der Waals surface area contributed by atoms with Gasteiger partial charge >= 0.3 is 2.82 Å². The lowest BCUT2D eigenvalue weighted by molar-refractivity contribution is -0.345. The van der Waals surface area contributed by atoms with Gasteiger partial charge in [0.2, 0.25) is 0 Å². The van der Waals surface area contributed by atoms with Crippen LogP contribution in [0.15, 0.2) is 0 Å². The first-order valence-electron chi connectivity index (χ1n) is 2.48. The quantitative estimate of drug-likeness (QED) is 0.337. The number of hydrogen-bond donors (Lipinski definition) is 2. The van der Waals surface area contributed by atoms with Crippen LogP contribution in [-0.2, 0) is 9.59 Å². The van der Waals surface area contributed by atoms with Gasteiger partial charge in [-0.3, -0.25) is 0 Å². The van der Waals surface area contributed by atoms with E-state index >= 15 is 0 Å². The number of hydrogen-bond acceptors (Lipinski definition) is 4. The van der Waals surface area contributed by atoms with Gasteiger partial charge in [0.1, 0.15) is 0 Å². The molecule has 6 heteroatoms. The smallest absolute Gasteiger partial charge is 0.342 e. The van der Waals surface area contributed by atoms with Crippen molar-refractivity contribution < 1.29 is 22.6 Å². The van der Waals surface area contributed by atoms with E-state index in [4.69, 9.17) is 22.6 Å². The fraction of sp³-hybridized carbons (Fsp3) is 0. The van der Waals surface area contributed by atoms with E-state index in [1.165, 1.54) is 0 Å². The zero-order valence-corrected chi connectivity index (χ0v) is 4.05. The molecule has 0 saturated heterocycles. The minimum absolute atomic E-state index is 2.19. The number of aliphatic carboxylic acids is 2. The summed E-state index contributed by atoms with van der Waals surface area (Å²) in [6, 6.07) is 0. The van der Waals surface area contributed by atoms with Crippen molar-refractivity contribution in [1.29, 1.82) is 0 Å². The van der Waals surface area contributed by atoms with Gasteiger partial charge in [-0.2, -0.15) is 0 Å². The minimum atomic E-state index is -2.19. The number of carbonyl (C=O) groups is 2. The normalized spacial score (nSPS) is 7.25. The second kappa shape index (κ2) is 5.86. The van der Waals surface area contributed by atoms with E-state index in [0.717, 1.165) is 0 Å². The summed E-state index contributed by atoms with van der Waals surface area (Å²) in [4.78, 5) is 17.9. The van der Waals surface area contributed by atoms with E-state index in [9.17, 15) is 0 Å². The van der Waals surface area contributed by atoms with Gasteiger partial charge in [-0.15, -0.1) is 0 Å². The summed E-state index contributed by atoms with van der Waals surface area (Å²) in [6.45, 7) is 0. The predicted octanol–water partition coefficient (Wildman–Crippen LogP) is -2.76. The fourth-order valence-electron chi connectivity index (χ4n) is 0. The first-order valence-corrected chi connectivity index (χ1v) is 1.07. The number of quaternary nitrogens is 2. The lowest BCUT2D eigenvalue weighted by atomic mass is 10.7. The summed E-state index contributed by atoms with van der Waals surface area (Å²) in [5.74, 6) is -4.37. The van der Waals surface area contributed by atoms with E-state index in [2.05, 4.69) is 12.3 Å². The Labute approximate surface area is 48.2 Å². The van der Waals surface area contributed by atoms with E-state index in [1.807, 2.05) is 0 Å². The summed E-state index contributed by atoms with van der Waals surface area (Å²) >= 11 is 0. The van der Waals surface area contributed by atoms with Crippen LogP contribution >= 0.6 is 0 Å². The zero-order chi connectivity index (χ0) is 9.15. The maximum Gasteiger partial charge on any atom is 0.342 e. The molecular formula is C2H8N2O4. The Morgan fingerprint density at radius 3 is 1.25 bits per heavy atom. The molecule has 0 aliphatic rings. The molecule has 50 valence electrons. The third kappa shape index (κ3) is 8.85. The van der Waals surface area contributed by atoms with Crippen molar-refractivity contribution in [1.82, 2.24) is 12.3 Å². The summed E-state index contributed by atoms with van der Waals surface area (Å²) in [6.07, 6.45) is 5.00. The lowest BCUT2D eigenvalue weighted by Crippen LogP contribution is -2.42. The third-order valence-corrected chi connectivity index (χ3v) is 0.167. The van der Waals surface area contributed by atoms with E-state index in [0.29, 0.717) is 0 Å². The van der Waals surface area contributed by atoms with Crippen molar-refractivity contribution in [2.45, 2.75) is 0 Å². The van der Waals surface area contributed by atoms with Gasteiger partial charge in [0.25, 0.3) is 0 Å². The van der Waals surface area contributed by atoms with Crippen LogP contribution < -0.4 is 22.5 Å². The monoisotopic (exact) mass is 126 g/mol. The number of rotatable bonds is 0. The molecule has 0 aliphatic heterocycles. The highest BCUT2D eigenvalue weighted by atomic mass is 16.4. The first kappa shape index (κ1) is 6.86. The highest BCUT2D eigenvalue weighted by Gasteiger charge is 1.74.